The van der Waals surface area contributed by atoms with Crippen LogP contribution in [0.3, 0.4) is 0 Å². The lowest BCUT2D eigenvalue weighted by atomic mass is 9.73. The van der Waals surface area contributed by atoms with Crippen molar-refractivity contribution in [3.63, 3.8) is 0 Å². The molecule has 2 aromatic rings. The van der Waals surface area contributed by atoms with E-state index < -0.39 is 17.7 Å². The molecule has 0 fully saturated rings. The lowest BCUT2D eigenvalue weighted by molar-refractivity contribution is -0.166. The number of aliphatic hydroxyl groups is 1. The fourth-order valence-electron chi connectivity index (χ4n) is 4.89. The molecule has 0 aromatic heterocycles. The van der Waals surface area contributed by atoms with E-state index in [0.717, 1.165) is 5.56 Å². The summed E-state index contributed by atoms with van der Waals surface area (Å²) in [6.07, 6.45) is 0.955. The van der Waals surface area contributed by atoms with Gasteiger partial charge in [0.1, 0.15) is 5.60 Å². The molecule has 1 aliphatic carbocycles. The minimum absolute atomic E-state index is 0.322. The van der Waals surface area contributed by atoms with E-state index in [2.05, 4.69) is 0 Å². The number of rotatable bonds is 8. The zero-order valence-electron chi connectivity index (χ0n) is 23.8. The molecule has 0 unspecified atom stereocenters. The number of ether oxygens (including phenoxy) is 7. The van der Waals surface area contributed by atoms with Crippen LogP contribution in [0.4, 0.5) is 0 Å². The second-order valence-corrected chi connectivity index (χ2v) is 9.38. The molecule has 1 N–H and O–H groups in total. The van der Waals surface area contributed by atoms with Crippen LogP contribution in [0.2, 0.25) is 0 Å². The Morgan fingerprint density at radius 1 is 0.868 bits per heavy atom. The topological polar surface area (TPSA) is 102 Å². The molecule has 38 heavy (non-hydrogen) atoms. The molecule has 9 heteroatoms. The van der Waals surface area contributed by atoms with Crippen molar-refractivity contribution in [2.75, 3.05) is 42.7 Å². The first-order chi connectivity index (χ1) is 18.0. The van der Waals surface area contributed by atoms with Crippen molar-refractivity contribution in [1.29, 1.82) is 0 Å². The first-order valence-corrected chi connectivity index (χ1v) is 12.3. The molecular weight excluding hydrogens is 492 g/mol. The van der Waals surface area contributed by atoms with Gasteiger partial charge in [-0.1, -0.05) is 13.0 Å². The van der Waals surface area contributed by atoms with Gasteiger partial charge in [-0.15, -0.1) is 0 Å². The molecule has 0 saturated heterocycles. The van der Waals surface area contributed by atoms with Gasteiger partial charge in [0, 0.05) is 22.3 Å². The number of hydrogen-bond acceptors (Lipinski definition) is 9. The summed E-state index contributed by atoms with van der Waals surface area (Å²) in [6, 6.07) is 3.56. The maximum Gasteiger partial charge on any atom is 0.334 e. The van der Waals surface area contributed by atoms with Crippen molar-refractivity contribution in [1.82, 2.24) is 0 Å². The number of benzene rings is 2. The fraction of sp³-hybridized carbons (Fsp3) is 0.483. The van der Waals surface area contributed by atoms with E-state index in [1.165, 1.54) is 35.5 Å². The van der Waals surface area contributed by atoms with Gasteiger partial charge in [0.25, 0.3) is 0 Å². The fourth-order valence-corrected chi connectivity index (χ4v) is 4.89. The summed E-state index contributed by atoms with van der Waals surface area (Å²) in [7, 11) is 9.13. The summed E-state index contributed by atoms with van der Waals surface area (Å²) in [5.74, 6) is 1.33. The third-order valence-corrected chi connectivity index (χ3v) is 7.34. The first kappa shape index (κ1) is 29.0. The number of allylic oxidation sites excluding steroid dienone is 1. The largest absolute Gasteiger partial charge is 0.493 e. The zero-order chi connectivity index (χ0) is 28.4. The van der Waals surface area contributed by atoms with Crippen molar-refractivity contribution in [3.05, 3.63) is 34.9 Å². The number of esters is 1. The predicted octanol–water partition coefficient (Wildman–Crippen LogP) is 4.90. The molecule has 208 valence electrons. The van der Waals surface area contributed by atoms with Crippen LogP contribution in [0.25, 0.3) is 11.1 Å². The van der Waals surface area contributed by atoms with Gasteiger partial charge in [-0.25, -0.2) is 4.79 Å². The highest BCUT2D eigenvalue weighted by Crippen LogP contribution is 2.58. The normalized spacial score (nSPS) is 20.8. The molecule has 3 atom stereocenters. The SMILES string of the molecule is C/C=C(\C)C(=O)O[C@H]1c2cc(OC)c(OC)c(OC)c2-c2c(cc(OC)c(OC)c2OC)C[C@H](C)[C@]1(C)O. The molecule has 0 spiro atoms. The van der Waals surface area contributed by atoms with Crippen LogP contribution < -0.4 is 28.4 Å². The third kappa shape index (κ3) is 4.71. The summed E-state index contributed by atoms with van der Waals surface area (Å²) in [5.41, 5.74) is 1.34. The van der Waals surface area contributed by atoms with Crippen LogP contribution in [0.15, 0.2) is 23.8 Å². The molecule has 2 aromatic carbocycles. The smallest absolute Gasteiger partial charge is 0.334 e. The first-order valence-electron chi connectivity index (χ1n) is 12.3. The van der Waals surface area contributed by atoms with E-state index in [0.29, 0.717) is 63.2 Å². The quantitative estimate of drug-likeness (QED) is 0.377. The van der Waals surface area contributed by atoms with Crippen molar-refractivity contribution in [3.8, 4) is 45.6 Å². The molecule has 0 radical (unpaired) electrons. The Kier molecular flexibility index (Phi) is 8.72. The standard InChI is InChI=1S/C29H38O9/c1-11-15(2)28(30)38-27-18-14-20(33-6)24(35-8)26(37-10)22(18)21-17(12-16(3)29(27,4)31)13-19(32-5)23(34-7)25(21)36-9/h11,13-14,16,27,31H,12H2,1-10H3/b15-11+/t16-,27-,29-/m0/s1. The summed E-state index contributed by atoms with van der Waals surface area (Å²) in [5, 5.41) is 12.0. The van der Waals surface area contributed by atoms with E-state index in [-0.39, 0.29) is 5.92 Å². The van der Waals surface area contributed by atoms with Crippen molar-refractivity contribution < 1.29 is 43.1 Å². The lowest BCUT2D eigenvalue weighted by Crippen LogP contribution is -2.44. The third-order valence-electron chi connectivity index (χ3n) is 7.34. The maximum absolute atomic E-state index is 13.1. The van der Waals surface area contributed by atoms with Crippen LogP contribution in [-0.2, 0) is 16.0 Å². The van der Waals surface area contributed by atoms with Gasteiger partial charge in [0.15, 0.2) is 29.1 Å². The monoisotopic (exact) mass is 530 g/mol. The number of carbonyl (C=O) groups is 1. The summed E-state index contributed by atoms with van der Waals surface area (Å²) in [4.78, 5) is 13.1. The van der Waals surface area contributed by atoms with Gasteiger partial charge in [0.05, 0.1) is 42.7 Å². The Morgan fingerprint density at radius 3 is 1.84 bits per heavy atom. The average Bonchev–Trinajstić information content (AvgIpc) is 2.92. The highest BCUT2D eigenvalue weighted by atomic mass is 16.6. The molecule has 9 nitrogen and oxygen atoms in total. The molecule has 0 bridgehead atoms. The van der Waals surface area contributed by atoms with Crippen LogP contribution in [0.1, 0.15) is 44.9 Å². The van der Waals surface area contributed by atoms with Gasteiger partial charge in [-0.2, -0.15) is 0 Å². The van der Waals surface area contributed by atoms with Gasteiger partial charge in [-0.05, 0) is 50.8 Å². The number of hydrogen-bond donors (Lipinski definition) is 1. The van der Waals surface area contributed by atoms with Crippen molar-refractivity contribution >= 4 is 5.97 Å². The average molecular weight is 531 g/mol. The minimum Gasteiger partial charge on any atom is -0.493 e. The van der Waals surface area contributed by atoms with Gasteiger partial charge in [0.2, 0.25) is 11.5 Å². The number of methoxy groups -OCH3 is 6. The molecule has 0 saturated carbocycles. The van der Waals surface area contributed by atoms with E-state index in [1.807, 2.05) is 13.0 Å². The highest BCUT2D eigenvalue weighted by molar-refractivity contribution is 5.90. The van der Waals surface area contributed by atoms with E-state index in [9.17, 15) is 9.90 Å². The molecule has 3 rings (SSSR count). The molecule has 0 heterocycles. The molecule has 1 aliphatic rings. The van der Waals surface area contributed by atoms with Crippen molar-refractivity contribution in [2.45, 2.75) is 45.8 Å². The van der Waals surface area contributed by atoms with Gasteiger partial charge in [-0.3, -0.25) is 0 Å². The van der Waals surface area contributed by atoms with Crippen LogP contribution in [0.5, 0.6) is 34.5 Å². The van der Waals surface area contributed by atoms with Crippen LogP contribution >= 0.6 is 0 Å². The Labute approximate surface area is 224 Å². The van der Waals surface area contributed by atoms with E-state index in [1.54, 1.807) is 40.0 Å². The van der Waals surface area contributed by atoms with E-state index in [4.69, 9.17) is 33.2 Å². The summed E-state index contributed by atoms with van der Waals surface area (Å²) in [6.45, 7) is 6.98. The molecular formula is C29H38O9. The number of fused-ring (bicyclic) bond motifs is 3. The second kappa shape index (κ2) is 11.4. The Balaban J connectivity index is 2.60. The van der Waals surface area contributed by atoms with E-state index >= 15 is 0 Å². The second-order valence-electron chi connectivity index (χ2n) is 9.38. The Hall–Kier alpha value is -3.59. The zero-order valence-corrected chi connectivity index (χ0v) is 23.8. The molecule has 0 aliphatic heterocycles. The summed E-state index contributed by atoms with van der Waals surface area (Å²) >= 11 is 0. The number of carbonyl (C=O) groups excluding carboxylic acids is 1. The molecule has 0 amide bonds. The Morgan fingerprint density at radius 2 is 1.37 bits per heavy atom. The Bertz CT molecular complexity index is 1230. The van der Waals surface area contributed by atoms with Crippen LogP contribution in [0, 0.1) is 5.92 Å². The maximum atomic E-state index is 13.1. The van der Waals surface area contributed by atoms with Crippen LogP contribution in [-0.4, -0.2) is 59.3 Å². The minimum atomic E-state index is -1.50. The lowest BCUT2D eigenvalue weighted by Gasteiger charge is -2.41. The summed E-state index contributed by atoms with van der Waals surface area (Å²) < 4.78 is 40.5. The van der Waals surface area contributed by atoms with Gasteiger partial charge >= 0.3 is 5.97 Å². The van der Waals surface area contributed by atoms with Gasteiger partial charge < -0.3 is 38.3 Å². The predicted molar refractivity (Wildman–Crippen MR) is 143 cm³/mol. The highest BCUT2D eigenvalue weighted by Gasteiger charge is 2.47. The van der Waals surface area contributed by atoms with Crippen molar-refractivity contribution in [2.24, 2.45) is 5.92 Å².